The number of carbonyl (C=O) groups excluding carboxylic acids is 1. The number of rotatable bonds is 7. The van der Waals surface area contributed by atoms with E-state index in [1.807, 2.05) is 0 Å². The highest BCUT2D eigenvalue weighted by Gasteiger charge is 2.15. The summed E-state index contributed by atoms with van der Waals surface area (Å²) in [4.78, 5) is 12.1. The average Bonchev–Trinajstić information content (AvgIpc) is 2.62. The molecule has 0 aliphatic carbocycles. The maximum atomic E-state index is 12.1. The van der Waals surface area contributed by atoms with Gasteiger partial charge in [-0.2, -0.15) is 0 Å². The van der Waals surface area contributed by atoms with E-state index < -0.39 is 5.97 Å². The predicted octanol–water partition coefficient (Wildman–Crippen LogP) is 4.31. The van der Waals surface area contributed by atoms with Crippen molar-refractivity contribution >= 4 is 29.2 Å². The third-order valence-corrected chi connectivity index (χ3v) is 4.22. The van der Waals surface area contributed by atoms with Crippen LogP contribution in [0.25, 0.3) is 0 Å². The van der Waals surface area contributed by atoms with Gasteiger partial charge in [-0.3, -0.25) is 4.79 Å². The van der Waals surface area contributed by atoms with Gasteiger partial charge in [0.2, 0.25) is 5.75 Å². The summed E-state index contributed by atoms with van der Waals surface area (Å²) >= 11 is 12.1. The Morgan fingerprint density at radius 1 is 0.960 bits per heavy atom. The van der Waals surface area contributed by atoms with Gasteiger partial charge in [0.1, 0.15) is 6.61 Å². The summed E-state index contributed by atoms with van der Waals surface area (Å²) in [6, 6.07) is 8.51. The molecule has 2 rings (SSSR count). The van der Waals surface area contributed by atoms with Crippen LogP contribution in [-0.2, 0) is 22.6 Å². The lowest BCUT2D eigenvalue weighted by molar-refractivity contribution is -0.144. The van der Waals surface area contributed by atoms with Crippen LogP contribution in [0.1, 0.15) is 11.1 Å². The molecule has 134 valence electrons. The molecular formula is C18H18Cl2O5. The molecular weight excluding hydrogens is 367 g/mol. The van der Waals surface area contributed by atoms with Crippen LogP contribution in [0.5, 0.6) is 17.2 Å². The van der Waals surface area contributed by atoms with Crippen molar-refractivity contribution in [2.45, 2.75) is 13.0 Å². The van der Waals surface area contributed by atoms with Gasteiger partial charge in [-0.1, -0.05) is 29.3 Å². The predicted molar refractivity (Wildman–Crippen MR) is 96.1 cm³/mol. The number of esters is 1. The maximum absolute atomic E-state index is 12.1. The first-order valence-corrected chi connectivity index (χ1v) is 8.13. The first-order valence-electron chi connectivity index (χ1n) is 7.37. The van der Waals surface area contributed by atoms with Gasteiger partial charge in [-0.05, 0) is 29.8 Å². The zero-order chi connectivity index (χ0) is 18.4. The summed E-state index contributed by atoms with van der Waals surface area (Å²) in [6.07, 6.45) is -0.0110. The fraction of sp³-hybridized carbons (Fsp3) is 0.278. The second kappa shape index (κ2) is 8.83. The van der Waals surface area contributed by atoms with Crippen molar-refractivity contribution in [1.29, 1.82) is 0 Å². The molecule has 0 radical (unpaired) electrons. The Hall–Kier alpha value is -2.11. The molecule has 0 amide bonds. The molecule has 0 saturated carbocycles. The summed E-state index contributed by atoms with van der Waals surface area (Å²) in [6.45, 7) is 0.0532. The highest BCUT2D eigenvalue weighted by molar-refractivity contribution is 6.36. The minimum Gasteiger partial charge on any atom is -0.493 e. The van der Waals surface area contributed by atoms with Crippen LogP contribution in [0.4, 0.5) is 0 Å². The molecule has 0 N–H and O–H groups in total. The van der Waals surface area contributed by atoms with E-state index in [4.69, 9.17) is 42.1 Å². The largest absolute Gasteiger partial charge is 0.493 e. The lowest BCUT2D eigenvalue weighted by Gasteiger charge is -2.14. The SMILES string of the molecule is COc1cc(COC(=O)Cc2c(Cl)cccc2Cl)cc(OC)c1OC. The Bertz CT molecular complexity index is 716. The first kappa shape index (κ1) is 19.2. The highest BCUT2D eigenvalue weighted by Crippen LogP contribution is 2.38. The van der Waals surface area contributed by atoms with Crippen molar-refractivity contribution in [3.05, 3.63) is 51.5 Å². The summed E-state index contributed by atoms with van der Waals surface area (Å²) in [5.41, 5.74) is 1.24. The van der Waals surface area contributed by atoms with Crippen LogP contribution in [0.15, 0.2) is 30.3 Å². The number of methoxy groups -OCH3 is 3. The minimum atomic E-state index is -0.441. The molecule has 2 aromatic rings. The number of carbonyl (C=O) groups is 1. The molecule has 5 nitrogen and oxygen atoms in total. The monoisotopic (exact) mass is 384 g/mol. The van der Waals surface area contributed by atoms with Crippen molar-refractivity contribution in [3.63, 3.8) is 0 Å². The second-order valence-corrected chi connectivity index (χ2v) is 5.89. The van der Waals surface area contributed by atoms with Gasteiger partial charge in [0, 0.05) is 15.6 Å². The molecule has 0 saturated heterocycles. The quantitative estimate of drug-likeness (QED) is 0.665. The number of hydrogen-bond acceptors (Lipinski definition) is 5. The molecule has 0 aliphatic heterocycles. The van der Waals surface area contributed by atoms with E-state index >= 15 is 0 Å². The summed E-state index contributed by atoms with van der Waals surface area (Å²) in [7, 11) is 4.56. The van der Waals surface area contributed by atoms with Gasteiger partial charge in [0.15, 0.2) is 11.5 Å². The molecule has 0 aromatic heterocycles. The van der Waals surface area contributed by atoms with Crippen LogP contribution < -0.4 is 14.2 Å². The topological polar surface area (TPSA) is 54.0 Å². The molecule has 0 bridgehead atoms. The molecule has 0 heterocycles. The Labute approximate surface area is 156 Å². The zero-order valence-electron chi connectivity index (χ0n) is 14.1. The van der Waals surface area contributed by atoms with E-state index in [1.54, 1.807) is 30.3 Å². The normalized spacial score (nSPS) is 10.3. The van der Waals surface area contributed by atoms with Crippen LogP contribution in [0.3, 0.4) is 0 Å². The Balaban J connectivity index is 2.09. The summed E-state index contributed by atoms with van der Waals surface area (Å²) in [5.74, 6) is 1.01. The molecule has 0 aliphatic rings. The van der Waals surface area contributed by atoms with Crippen molar-refractivity contribution < 1.29 is 23.7 Å². The lowest BCUT2D eigenvalue weighted by atomic mass is 10.1. The van der Waals surface area contributed by atoms with Crippen molar-refractivity contribution in [3.8, 4) is 17.2 Å². The Kier molecular flexibility index (Phi) is 6.79. The van der Waals surface area contributed by atoms with E-state index in [-0.39, 0.29) is 13.0 Å². The van der Waals surface area contributed by atoms with Crippen LogP contribution in [0, 0.1) is 0 Å². The lowest BCUT2D eigenvalue weighted by Crippen LogP contribution is -2.09. The zero-order valence-corrected chi connectivity index (χ0v) is 15.6. The highest BCUT2D eigenvalue weighted by atomic mass is 35.5. The first-order chi connectivity index (χ1) is 12.0. The third-order valence-electron chi connectivity index (χ3n) is 3.51. The van der Waals surface area contributed by atoms with E-state index in [0.717, 1.165) is 0 Å². The number of benzene rings is 2. The van der Waals surface area contributed by atoms with Gasteiger partial charge in [-0.15, -0.1) is 0 Å². The van der Waals surface area contributed by atoms with E-state index in [0.29, 0.717) is 38.4 Å². The molecule has 0 spiro atoms. The van der Waals surface area contributed by atoms with Crippen LogP contribution >= 0.6 is 23.2 Å². The van der Waals surface area contributed by atoms with Crippen LogP contribution in [0.2, 0.25) is 10.0 Å². The number of halogens is 2. The number of hydrogen-bond donors (Lipinski definition) is 0. The molecule has 0 fully saturated rings. The van der Waals surface area contributed by atoms with E-state index in [1.165, 1.54) is 21.3 Å². The Morgan fingerprint density at radius 3 is 2.00 bits per heavy atom. The second-order valence-electron chi connectivity index (χ2n) is 5.07. The van der Waals surface area contributed by atoms with E-state index in [2.05, 4.69) is 0 Å². The van der Waals surface area contributed by atoms with Gasteiger partial charge >= 0.3 is 5.97 Å². The van der Waals surface area contributed by atoms with Crippen LogP contribution in [-0.4, -0.2) is 27.3 Å². The van der Waals surface area contributed by atoms with Gasteiger partial charge in [-0.25, -0.2) is 0 Å². The maximum Gasteiger partial charge on any atom is 0.310 e. The fourth-order valence-corrected chi connectivity index (χ4v) is 2.81. The average molecular weight is 385 g/mol. The fourth-order valence-electron chi connectivity index (χ4n) is 2.28. The van der Waals surface area contributed by atoms with Crippen molar-refractivity contribution in [2.75, 3.05) is 21.3 Å². The molecule has 2 aromatic carbocycles. The third kappa shape index (κ3) is 4.71. The summed E-state index contributed by atoms with van der Waals surface area (Å²) < 4.78 is 21.1. The van der Waals surface area contributed by atoms with Gasteiger partial charge in [0.25, 0.3) is 0 Å². The number of ether oxygens (including phenoxy) is 4. The molecule has 25 heavy (non-hydrogen) atoms. The standard InChI is InChI=1S/C18H18Cl2O5/c1-22-15-7-11(8-16(23-2)18(15)24-3)10-25-17(21)9-12-13(19)5-4-6-14(12)20/h4-8H,9-10H2,1-3H3. The molecule has 0 unspecified atom stereocenters. The Morgan fingerprint density at radius 2 is 1.52 bits per heavy atom. The smallest absolute Gasteiger partial charge is 0.310 e. The summed E-state index contributed by atoms with van der Waals surface area (Å²) in [5, 5.41) is 0.856. The van der Waals surface area contributed by atoms with E-state index in [9.17, 15) is 4.79 Å². The van der Waals surface area contributed by atoms with Crippen molar-refractivity contribution in [2.24, 2.45) is 0 Å². The molecule has 7 heteroatoms. The minimum absolute atomic E-state index is 0.0110. The van der Waals surface area contributed by atoms with Gasteiger partial charge < -0.3 is 18.9 Å². The van der Waals surface area contributed by atoms with Crippen molar-refractivity contribution in [1.82, 2.24) is 0 Å². The van der Waals surface area contributed by atoms with Gasteiger partial charge in [0.05, 0.1) is 27.8 Å². The molecule has 0 atom stereocenters.